The van der Waals surface area contributed by atoms with Crippen molar-refractivity contribution in [3.8, 4) is 11.5 Å². The van der Waals surface area contributed by atoms with E-state index >= 15 is 0 Å². The largest absolute Gasteiger partial charge is 0.497 e. The van der Waals surface area contributed by atoms with Gasteiger partial charge in [0.25, 0.3) is 0 Å². The highest BCUT2D eigenvalue weighted by molar-refractivity contribution is 5.44. The maximum atomic E-state index is 11.0. The van der Waals surface area contributed by atoms with Crippen LogP contribution >= 0.6 is 0 Å². The molecule has 1 heterocycles. The molecule has 0 spiro atoms. The zero-order valence-corrected chi connectivity index (χ0v) is 12.8. The van der Waals surface area contributed by atoms with Crippen LogP contribution in [-0.4, -0.2) is 43.4 Å². The summed E-state index contributed by atoms with van der Waals surface area (Å²) < 4.78 is 10.7. The van der Waals surface area contributed by atoms with Crippen molar-refractivity contribution in [2.24, 2.45) is 0 Å². The molecule has 20 heavy (non-hydrogen) atoms. The third-order valence-corrected chi connectivity index (χ3v) is 4.26. The second-order valence-electron chi connectivity index (χ2n) is 5.73. The number of hydrogen-bond acceptors (Lipinski definition) is 4. The summed E-state index contributed by atoms with van der Waals surface area (Å²) in [4.78, 5) is 2.39. The Kier molecular flexibility index (Phi) is 4.55. The predicted octanol–water partition coefficient (Wildman–Crippen LogP) is 2.40. The predicted molar refractivity (Wildman–Crippen MR) is 79.4 cm³/mol. The molecule has 0 aromatic heterocycles. The first-order valence-electron chi connectivity index (χ1n) is 7.19. The second-order valence-corrected chi connectivity index (χ2v) is 5.73. The average Bonchev–Trinajstić information content (AvgIpc) is 2.47. The van der Waals surface area contributed by atoms with Crippen molar-refractivity contribution in [1.82, 2.24) is 4.90 Å². The lowest BCUT2D eigenvalue weighted by Crippen LogP contribution is -2.45. The number of ether oxygens (including phenoxy) is 2. The SMILES string of the molecule is COc1ccc(OC)c(C2(O)CCN(C(C)C)CC2)c1. The van der Waals surface area contributed by atoms with Crippen LogP contribution in [0.15, 0.2) is 18.2 Å². The van der Waals surface area contributed by atoms with Gasteiger partial charge in [0.05, 0.1) is 19.8 Å². The number of piperidine rings is 1. The van der Waals surface area contributed by atoms with Gasteiger partial charge in [-0.3, -0.25) is 0 Å². The van der Waals surface area contributed by atoms with Crippen molar-refractivity contribution < 1.29 is 14.6 Å². The van der Waals surface area contributed by atoms with Gasteiger partial charge in [-0.2, -0.15) is 0 Å². The number of likely N-dealkylation sites (tertiary alicyclic amines) is 1. The lowest BCUT2D eigenvalue weighted by atomic mass is 9.83. The summed E-state index contributed by atoms with van der Waals surface area (Å²) in [5, 5.41) is 11.0. The highest BCUT2D eigenvalue weighted by atomic mass is 16.5. The Hall–Kier alpha value is -1.26. The minimum Gasteiger partial charge on any atom is -0.497 e. The Balaban J connectivity index is 2.26. The molecule has 1 aliphatic heterocycles. The average molecular weight is 279 g/mol. The zero-order valence-electron chi connectivity index (χ0n) is 12.8. The standard InChI is InChI=1S/C16H25NO3/c1-12(2)17-9-7-16(18,8-10-17)14-11-13(19-3)5-6-15(14)20-4/h5-6,11-12,18H,7-10H2,1-4H3. The quantitative estimate of drug-likeness (QED) is 0.919. The Labute approximate surface area is 121 Å². The van der Waals surface area contributed by atoms with Crippen molar-refractivity contribution in [3.05, 3.63) is 23.8 Å². The Bertz CT molecular complexity index is 451. The van der Waals surface area contributed by atoms with E-state index in [9.17, 15) is 5.11 Å². The van der Waals surface area contributed by atoms with Gasteiger partial charge in [0.1, 0.15) is 11.5 Å². The lowest BCUT2D eigenvalue weighted by molar-refractivity contribution is -0.0339. The summed E-state index contributed by atoms with van der Waals surface area (Å²) >= 11 is 0. The molecule has 1 aromatic rings. The van der Waals surface area contributed by atoms with Crippen LogP contribution in [-0.2, 0) is 5.60 Å². The van der Waals surface area contributed by atoms with Crippen LogP contribution in [0.1, 0.15) is 32.3 Å². The van der Waals surface area contributed by atoms with E-state index in [4.69, 9.17) is 9.47 Å². The summed E-state index contributed by atoms with van der Waals surface area (Å²) in [6.07, 6.45) is 1.43. The van der Waals surface area contributed by atoms with E-state index in [2.05, 4.69) is 18.7 Å². The molecule has 0 atom stereocenters. The molecule has 2 rings (SSSR count). The molecule has 0 bridgehead atoms. The molecule has 112 valence electrons. The lowest BCUT2D eigenvalue weighted by Gasteiger charge is -2.40. The molecular weight excluding hydrogens is 254 g/mol. The van der Waals surface area contributed by atoms with Gasteiger partial charge in [-0.1, -0.05) is 0 Å². The van der Waals surface area contributed by atoms with E-state index < -0.39 is 5.60 Å². The fourth-order valence-electron chi connectivity index (χ4n) is 2.86. The maximum Gasteiger partial charge on any atom is 0.125 e. The molecule has 0 amide bonds. The molecule has 0 saturated carbocycles. The number of nitrogens with zero attached hydrogens (tertiary/aromatic N) is 1. The van der Waals surface area contributed by atoms with E-state index in [1.807, 2.05) is 18.2 Å². The molecule has 1 aromatic carbocycles. The van der Waals surface area contributed by atoms with Crippen molar-refractivity contribution in [3.63, 3.8) is 0 Å². The normalized spacial score (nSPS) is 19.1. The van der Waals surface area contributed by atoms with Crippen molar-refractivity contribution in [2.75, 3.05) is 27.3 Å². The van der Waals surface area contributed by atoms with Gasteiger partial charge in [-0.05, 0) is 44.9 Å². The summed E-state index contributed by atoms with van der Waals surface area (Å²) in [5.41, 5.74) is 0.00778. The Morgan fingerprint density at radius 1 is 1.15 bits per heavy atom. The molecule has 4 nitrogen and oxygen atoms in total. The highest BCUT2D eigenvalue weighted by Crippen LogP contribution is 2.40. The van der Waals surface area contributed by atoms with Crippen LogP contribution in [0.3, 0.4) is 0 Å². The van der Waals surface area contributed by atoms with Crippen molar-refractivity contribution in [1.29, 1.82) is 0 Å². The van der Waals surface area contributed by atoms with Gasteiger partial charge in [0.2, 0.25) is 0 Å². The summed E-state index contributed by atoms with van der Waals surface area (Å²) in [7, 11) is 3.27. The van der Waals surface area contributed by atoms with Crippen LogP contribution in [0.2, 0.25) is 0 Å². The summed E-state index contributed by atoms with van der Waals surface area (Å²) in [6.45, 7) is 6.18. The van der Waals surface area contributed by atoms with Crippen LogP contribution in [0.4, 0.5) is 0 Å². The molecule has 1 saturated heterocycles. The second kappa shape index (κ2) is 6.02. The fraction of sp³-hybridized carbons (Fsp3) is 0.625. The first-order valence-corrected chi connectivity index (χ1v) is 7.19. The van der Waals surface area contributed by atoms with Crippen LogP contribution < -0.4 is 9.47 Å². The first kappa shape index (κ1) is 15.1. The van der Waals surface area contributed by atoms with E-state index in [0.717, 1.165) is 30.2 Å². The zero-order chi connectivity index (χ0) is 14.8. The molecule has 0 aliphatic carbocycles. The van der Waals surface area contributed by atoms with Crippen molar-refractivity contribution in [2.45, 2.75) is 38.3 Å². The smallest absolute Gasteiger partial charge is 0.125 e. The topological polar surface area (TPSA) is 41.9 Å². The molecular formula is C16H25NO3. The van der Waals surface area contributed by atoms with Gasteiger partial charge in [0, 0.05) is 24.7 Å². The van der Waals surface area contributed by atoms with E-state index in [-0.39, 0.29) is 0 Å². The maximum absolute atomic E-state index is 11.0. The van der Waals surface area contributed by atoms with Gasteiger partial charge in [0.15, 0.2) is 0 Å². The van der Waals surface area contributed by atoms with Crippen LogP contribution in [0.5, 0.6) is 11.5 Å². The number of aliphatic hydroxyl groups is 1. The van der Waals surface area contributed by atoms with Gasteiger partial charge in [-0.15, -0.1) is 0 Å². The number of rotatable bonds is 4. The fourth-order valence-corrected chi connectivity index (χ4v) is 2.86. The number of benzene rings is 1. The molecule has 1 aliphatic rings. The highest BCUT2D eigenvalue weighted by Gasteiger charge is 2.37. The first-order chi connectivity index (χ1) is 9.50. The molecule has 1 N–H and O–H groups in total. The third-order valence-electron chi connectivity index (χ3n) is 4.26. The third kappa shape index (κ3) is 2.91. The number of hydrogen-bond donors (Lipinski definition) is 1. The van der Waals surface area contributed by atoms with E-state index in [1.165, 1.54) is 0 Å². The van der Waals surface area contributed by atoms with Crippen LogP contribution in [0.25, 0.3) is 0 Å². The molecule has 4 heteroatoms. The summed E-state index contributed by atoms with van der Waals surface area (Å²) in [6, 6.07) is 6.13. The van der Waals surface area contributed by atoms with E-state index in [0.29, 0.717) is 18.9 Å². The summed E-state index contributed by atoms with van der Waals surface area (Å²) in [5.74, 6) is 1.48. The van der Waals surface area contributed by atoms with Gasteiger partial charge >= 0.3 is 0 Å². The number of methoxy groups -OCH3 is 2. The van der Waals surface area contributed by atoms with Crippen molar-refractivity contribution >= 4 is 0 Å². The molecule has 1 fully saturated rings. The van der Waals surface area contributed by atoms with Crippen LogP contribution in [0, 0.1) is 0 Å². The Morgan fingerprint density at radius 2 is 1.80 bits per heavy atom. The van der Waals surface area contributed by atoms with Gasteiger partial charge < -0.3 is 19.5 Å². The monoisotopic (exact) mass is 279 g/mol. The molecule has 0 unspecified atom stereocenters. The van der Waals surface area contributed by atoms with E-state index in [1.54, 1.807) is 14.2 Å². The molecule has 0 radical (unpaired) electrons. The minimum atomic E-state index is -0.828. The van der Waals surface area contributed by atoms with Gasteiger partial charge in [-0.25, -0.2) is 0 Å². The Morgan fingerprint density at radius 3 is 2.30 bits per heavy atom. The minimum absolute atomic E-state index is 0.520.